The van der Waals surface area contributed by atoms with Crippen LogP contribution in [0, 0.1) is 0 Å². The van der Waals surface area contributed by atoms with E-state index in [0.717, 1.165) is 25.8 Å². The predicted molar refractivity (Wildman–Crippen MR) is 59.3 cm³/mol. The van der Waals surface area contributed by atoms with Crippen molar-refractivity contribution in [2.24, 2.45) is 16.5 Å². The fourth-order valence-corrected chi connectivity index (χ4v) is 1.25. The van der Waals surface area contributed by atoms with Crippen molar-refractivity contribution in [3.05, 3.63) is 0 Å². The van der Waals surface area contributed by atoms with E-state index in [9.17, 15) is 4.79 Å². The lowest BCUT2D eigenvalue weighted by Gasteiger charge is -2.07. The molecule has 0 aromatic rings. The standard InChI is InChI=1S/C10H21N3O/c1-8(14)7-10(12)5-3-4-6-13-9(2)11/h10H,3-7,12H2,1-2H3,(H2,11,13)/t10-/m0/s1. The number of aliphatic imine (C=N–C) groups is 1. The smallest absolute Gasteiger partial charge is 0.131 e. The van der Waals surface area contributed by atoms with Crippen molar-refractivity contribution < 1.29 is 4.79 Å². The number of Topliss-reactive ketones (excluding diaryl/α,β-unsaturated/α-hetero) is 1. The van der Waals surface area contributed by atoms with Gasteiger partial charge in [-0.25, -0.2) is 0 Å². The lowest BCUT2D eigenvalue weighted by molar-refractivity contribution is -0.117. The highest BCUT2D eigenvalue weighted by Crippen LogP contribution is 2.02. The molecule has 0 spiro atoms. The zero-order valence-corrected chi connectivity index (χ0v) is 9.12. The van der Waals surface area contributed by atoms with Crippen molar-refractivity contribution in [3.8, 4) is 0 Å². The van der Waals surface area contributed by atoms with E-state index in [1.54, 1.807) is 13.8 Å². The van der Waals surface area contributed by atoms with Crippen molar-refractivity contribution >= 4 is 11.6 Å². The number of nitrogens with zero attached hydrogens (tertiary/aromatic N) is 1. The highest BCUT2D eigenvalue weighted by molar-refractivity contribution is 5.77. The third kappa shape index (κ3) is 9.19. The van der Waals surface area contributed by atoms with Gasteiger partial charge in [-0.2, -0.15) is 0 Å². The molecule has 0 fully saturated rings. The topological polar surface area (TPSA) is 81.5 Å². The highest BCUT2D eigenvalue weighted by Gasteiger charge is 2.04. The molecule has 1 atom stereocenters. The minimum atomic E-state index is 0.00968. The maximum Gasteiger partial charge on any atom is 0.131 e. The molecule has 0 aliphatic rings. The number of amidine groups is 1. The van der Waals surface area contributed by atoms with Crippen molar-refractivity contribution in [1.82, 2.24) is 0 Å². The fraction of sp³-hybridized carbons (Fsp3) is 0.800. The van der Waals surface area contributed by atoms with Crippen molar-refractivity contribution in [3.63, 3.8) is 0 Å². The summed E-state index contributed by atoms with van der Waals surface area (Å²) in [6, 6.07) is 0.00968. The quantitative estimate of drug-likeness (QED) is 0.362. The third-order valence-corrected chi connectivity index (χ3v) is 1.89. The summed E-state index contributed by atoms with van der Waals surface area (Å²) < 4.78 is 0. The maximum absolute atomic E-state index is 10.7. The lowest BCUT2D eigenvalue weighted by Crippen LogP contribution is -2.22. The molecular formula is C10H21N3O. The minimum Gasteiger partial charge on any atom is -0.388 e. The number of ketones is 1. The van der Waals surface area contributed by atoms with Crippen LogP contribution in [0.2, 0.25) is 0 Å². The summed E-state index contributed by atoms with van der Waals surface area (Å²) in [5.41, 5.74) is 11.1. The molecule has 0 saturated heterocycles. The Morgan fingerprint density at radius 2 is 2.00 bits per heavy atom. The molecule has 0 heterocycles. The molecule has 0 rings (SSSR count). The van der Waals surface area contributed by atoms with Crippen molar-refractivity contribution in [1.29, 1.82) is 0 Å². The Hall–Kier alpha value is -0.900. The van der Waals surface area contributed by atoms with Crippen LogP contribution < -0.4 is 11.5 Å². The first-order valence-electron chi connectivity index (χ1n) is 5.04. The van der Waals surface area contributed by atoms with Crippen LogP contribution in [0.3, 0.4) is 0 Å². The monoisotopic (exact) mass is 199 g/mol. The highest BCUT2D eigenvalue weighted by atomic mass is 16.1. The molecule has 0 aliphatic heterocycles. The number of hydrogen-bond donors (Lipinski definition) is 2. The zero-order valence-electron chi connectivity index (χ0n) is 9.12. The second-order valence-electron chi connectivity index (χ2n) is 3.69. The molecule has 0 bridgehead atoms. The van der Waals surface area contributed by atoms with E-state index in [2.05, 4.69) is 4.99 Å². The number of carbonyl (C=O) groups excluding carboxylic acids is 1. The molecule has 4 heteroatoms. The van der Waals surface area contributed by atoms with Gasteiger partial charge in [0.05, 0.1) is 5.84 Å². The van der Waals surface area contributed by atoms with Crippen LogP contribution in [0.15, 0.2) is 4.99 Å². The molecule has 0 radical (unpaired) electrons. The number of carbonyl (C=O) groups is 1. The van der Waals surface area contributed by atoms with Gasteiger partial charge in [0, 0.05) is 19.0 Å². The van der Waals surface area contributed by atoms with Crippen LogP contribution in [0.4, 0.5) is 0 Å². The average molecular weight is 199 g/mol. The molecule has 0 aromatic heterocycles. The van der Waals surface area contributed by atoms with Gasteiger partial charge >= 0.3 is 0 Å². The van der Waals surface area contributed by atoms with Gasteiger partial charge in [-0.1, -0.05) is 6.42 Å². The minimum absolute atomic E-state index is 0.00968. The van der Waals surface area contributed by atoms with Crippen LogP contribution in [0.5, 0.6) is 0 Å². The summed E-state index contributed by atoms with van der Waals surface area (Å²) in [5.74, 6) is 0.784. The summed E-state index contributed by atoms with van der Waals surface area (Å²) >= 11 is 0. The zero-order chi connectivity index (χ0) is 11.0. The van der Waals surface area contributed by atoms with Crippen LogP contribution >= 0.6 is 0 Å². The van der Waals surface area contributed by atoms with Gasteiger partial charge in [0.2, 0.25) is 0 Å². The summed E-state index contributed by atoms with van der Waals surface area (Å²) in [4.78, 5) is 14.8. The van der Waals surface area contributed by atoms with E-state index in [0.29, 0.717) is 12.3 Å². The summed E-state index contributed by atoms with van der Waals surface area (Å²) in [6.45, 7) is 4.11. The van der Waals surface area contributed by atoms with E-state index in [-0.39, 0.29) is 11.8 Å². The molecule has 0 aromatic carbocycles. The first-order chi connectivity index (χ1) is 6.52. The van der Waals surface area contributed by atoms with Gasteiger partial charge in [-0.3, -0.25) is 9.79 Å². The van der Waals surface area contributed by atoms with Gasteiger partial charge < -0.3 is 11.5 Å². The molecule has 82 valence electrons. The lowest BCUT2D eigenvalue weighted by atomic mass is 10.1. The number of nitrogens with two attached hydrogens (primary N) is 2. The van der Waals surface area contributed by atoms with E-state index in [1.165, 1.54) is 0 Å². The summed E-state index contributed by atoms with van der Waals surface area (Å²) in [6.07, 6.45) is 3.36. The van der Waals surface area contributed by atoms with Gasteiger partial charge in [0.15, 0.2) is 0 Å². The van der Waals surface area contributed by atoms with Crippen LogP contribution in [0.1, 0.15) is 39.5 Å². The molecular weight excluding hydrogens is 178 g/mol. The van der Waals surface area contributed by atoms with Gasteiger partial charge in [0.25, 0.3) is 0 Å². The number of rotatable bonds is 7. The van der Waals surface area contributed by atoms with Gasteiger partial charge in [-0.15, -0.1) is 0 Å². The second-order valence-corrected chi connectivity index (χ2v) is 3.69. The van der Waals surface area contributed by atoms with E-state index < -0.39 is 0 Å². The van der Waals surface area contributed by atoms with E-state index >= 15 is 0 Å². The molecule has 4 nitrogen and oxygen atoms in total. The Morgan fingerprint density at radius 3 is 2.50 bits per heavy atom. The number of unbranched alkanes of at least 4 members (excludes halogenated alkanes) is 1. The fourth-order valence-electron chi connectivity index (χ4n) is 1.25. The van der Waals surface area contributed by atoms with Crippen molar-refractivity contribution in [2.45, 2.75) is 45.6 Å². The Bertz CT molecular complexity index is 198. The SMILES string of the molecule is CC(=O)C[C@@H](N)CCCCN=C(C)N. The molecule has 0 saturated carbocycles. The molecule has 0 unspecified atom stereocenters. The van der Waals surface area contributed by atoms with Crippen LogP contribution in [-0.2, 0) is 4.79 Å². The molecule has 4 N–H and O–H groups in total. The normalized spacial score (nSPS) is 14.1. The summed E-state index contributed by atoms with van der Waals surface area (Å²) in [5, 5.41) is 0. The van der Waals surface area contributed by atoms with Gasteiger partial charge in [-0.05, 0) is 26.7 Å². The second kappa shape index (κ2) is 7.50. The Labute approximate surface area is 85.8 Å². The Kier molecular flexibility index (Phi) is 7.02. The molecule has 14 heavy (non-hydrogen) atoms. The van der Waals surface area contributed by atoms with E-state index in [4.69, 9.17) is 11.5 Å². The Morgan fingerprint density at radius 1 is 1.36 bits per heavy atom. The molecule has 0 amide bonds. The number of hydrogen-bond acceptors (Lipinski definition) is 3. The first kappa shape index (κ1) is 13.1. The summed E-state index contributed by atoms with van der Waals surface area (Å²) in [7, 11) is 0. The van der Waals surface area contributed by atoms with Crippen LogP contribution in [-0.4, -0.2) is 24.2 Å². The van der Waals surface area contributed by atoms with Crippen molar-refractivity contribution in [2.75, 3.05) is 6.54 Å². The predicted octanol–water partition coefficient (Wildman–Crippen LogP) is 0.840. The third-order valence-electron chi connectivity index (χ3n) is 1.89. The average Bonchev–Trinajstić information content (AvgIpc) is 2.01. The Balaban J connectivity index is 3.36. The van der Waals surface area contributed by atoms with E-state index in [1.807, 2.05) is 0 Å². The largest absolute Gasteiger partial charge is 0.388 e. The molecule has 0 aliphatic carbocycles. The maximum atomic E-state index is 10.7. The first-order valence-corrected chi connectivity index (χ1v) is 5.04. The van der Waals surface area contributed by atoms with Crippen LogP contribution in [0.25, 0.3) is 0 Å². The van der Waals surface area contributed by atoms with Gasteiger partial charge in [0.1, 0.15) is 5.78 Å².